The number of benzene rings is 2. The van der Waals surface area contributed by atoms with Gasteiger partial charge in [-0.15, -0.1) is 0 Å². The molecule has 0 saturated heterocycles. The number of carbonyl (C=O) groups excluding carboxylic acids is 4. The Kier molecular flexibility index (Phi) is 11.6. The minimum absolute atomic E-state index is 0.219. The zero-order valence-corrected chi connectivity index (χ0v) is 23.5. The van der Waals surface area contributed by atoms with Crippen LogP contribution >= 0.6 is 0 Å². The first-order chi connectivity index (χ1) is 19.1. The van der Waals surface area contributed by atoms with Gasteiger partial charge in [0.05, 0.1) is 0 Å². The highest BCUT2D eigenvalue weighted by Gasteiger charge is 2.22. The lowest BCUT2D eigenvalue weighted by Gasteiger charge is -2.29. The molecule has 40 heavy (non-hydrogen) atoms. The first-order valence-electron chi connectivity index (χ1n) is 13.5. The third kappa shape index (κ3) is 10.4. The summed E-state index contributed by atoms with van der Waals surface area (Å²) in [5.74, 6) is 0.0647. The monoisotopic (exact) mass is 554 g/mol. The maximum Gasteiger partial charge on any atom is 0.308 e. The van der Waals surface area contributed by atoms with Gasteiger partial charge in [-0.25, -0.2) is 0 Å². The molecule has 10 nitrogen and oxygen atoms in total. The smallest absolute Gasteiger partial charge is 0.308 e. The van der Waals surface area contributed by atoms with Crippen molar-refractivity contribution >= 4 is 23.9 Å². The first-order valence-corrected chi connectivity index (χ1v) is 13.5. The van der Waals surface area contributed by atoms with Crippen molar-refractivity contribution in [2.45, 2.75) is 66.5 Å². The Morgan fingerprint density at radius 1 is 0.625 bits per heavy atom. The van der Waals surface area contributed by atoms with E-state index in [2.05, 4.69) is 10.6 Å². The van der Waals surface area contributed by atoms with Gasteiger partial charge in [0.25, 0.3) is 0 Å². The van der Waals surface area contributed by atoms with E-state index < -0.39 is 23.9 Å². The maximum atomic E-state index is 11.5. The Labute approximate surface area is 234 Å². The summed E-state index contributed by atoms with van der Waals surface area (Å²) < 4.78 is 20.7. The molecule has 0 radical (unpaired) electrons. The van der Waals surface area contributed by atoms with Crippen molar-refractivity contribution in [3.05, 3.63) is 47.5 Å². The van der Waals surface area contributed by atoms with Crippen LogP contribution in [0.1, 0.15) is 64.5 Å². The third-order valence-electron chi connectivity index (χ3n) is 6.45. The molecule has 10 heteroatoms. The molecule has 2 atom stereocenters. The molecule has 0 amide bonds. The molecule has 1 fully saturated rings. The Bertz CT molecular complexity index is 1120. The lowest BCUT2D eigenvalue weighted by Crippen LogP contribution is -2.31. The molecular weight excluding hydrogens is 516 g/mol. The van der Waals surface area contributed by atoms with E-state index in [9.17, 15) is 19.2 Å². The van der Waals surface area contributed by atoms with Gasteiger partial charge in [0, 0.05) is 40.8 Å². The standard InChI is InChI=1S/C30H38N2O8/c1-19(33)37-27-10-8-25(13-29(27)39-21(3)35)17-31-15-23-6-5-7-24(12-23)16-32-18-26-9-11-28(38-20(2)34)30(14-26)40-22(4)36/h8-11,13-14,23-24,31-32H,5-7,12,15-18H2,1-4H3. The summed E-state index contributed by atoms with van der Waals surface area (Å²) in [6.07, 6.45) is 4.60. The van der Waals surface area contributed by atoms with Crippen LogP contribution < -0.4 is 29.6 Å². The molecule has 1 saturated carbocycles. The van der Waals surface area contributed by atoms with Crippen LogP contribution in [0.3, 0.4) is 0 Å². The van der Waals surface area contributed by atoms with Crippen molar-refractivity contribution in [3.63, 3.8) is 0 Å². The van der Waals surface area contributed by atoms with Gasteiger partial charge in [0.15, 0.2) is 23.0 Å². The molecule has 1 aliphatic rings. The number of carbonyl (C=O) groups is 4. The van der Waals surface area contributed by atoms with Crippen LogP contribution in [0.15, 0.2) is 36.4 Å². The Hall–Kier alpha value is -3.76. The summed E-state index contributed by atoms with van der Waals surface area (Å²) in [6, 6.07) is 10.4. The topological polar surface area (TPSA) is 129 Å². The van der Waals surface area contributed by atoms with Crippen LogP contribution in [0.2, 0.25) is 0 Å². The van der Waals surface area contributed by atoms with Crippen molar-refractivity contribution in [2.75, 3.05) is 13.1 Å². The number of hydrogen-bond acceptors (Lipinski definition) is 10. The predicted molar refractivity (Wildman–Crippen MR) is 147 cm³/mol. The van der Waals surface area contributed by atoms with Gasteiger partial charge in [0.1, 0.15) is 0 Å². The predicted octanol–water partition coefficient (Wildman–Crippen LogP) is 4.07. The van der Waals surface area contributed by atoms with E-state index >= 15 is 0 Å². The van der Waals surface area contributed by atoms with E-state index in [1.54, 1.807) is 24.3 Å². The van der Waals surface area contributed by atoms with Gasteiger partial charge in [-0.2, -0.15) is 0 Å². The van der Waals surface area contributed by atoms with Crippen molar-refractivity contribution in [2.24, 2.45) is 11.8 Å². The lowest BCUT2D eigenvalue weighted by atomic mass is 9.81. The van der Waals surface area contributed by atoms with E-state index in [1.165, 1.54) is 34.1 Å². The van der Waals surface area contributed by atoms with Gasteiger partial charge in [0.2, 0.25) is 0 Å². The average molecular weight is 555 g/mol. The van der Waals surface area contributed by atoms with E-state index in [0.717, 1.165) is 43.5 Å². The number of esters is 4. The summed E-state index contributed by atoms with van der Waals surface area (Å²) in [6.45, 7) is 8.14. The third-order valence-corrected chi connectivity index (χ3v) is 6.45. The lowest BCUT2D eigenvalue weighted by molar-refractivity contribution is -0.134. The zero-order chi connectivity index (χ0) is 29.1. The molecule has 2 N–H and O–H groups in total. The second-order valence-corrected chi connectivity index (χ2v) is 10.1. The minimum Gasteiger partial charge on any atom is -0.423 e. The summed E-state index contributed by atoms with van der Waals surface area (Å²) in [7, 11) is 0. The summed E-state index contributed by atoms with van der Waals surface area (Å²) in [5.41, 5.74) is 1.85. The highest BCUT2D eigenvalue weighted by atomic mass is 16.6. The Morgan fingerprint density at radius 3 is 1.38 bits per heavy atom. The van der Waals surface area contributed by atoms with Crippen molar-refractivity contribution in [1.82, 2.24) is 10.6 Å². The van der Waals surface area contributed by atoms with Crippen molar-refractivity contribution in [3.8, 4) is 23.0 Å². The van der Waals surface area contributed by atoms with Gasteiger partial charge in [-0.1, -0.05) is 18.6 Å². The van der Waals surface area contributed by atoms with Crippen LogP contribution in [-0.2, 0) is 32.3 Å². The van der Waals surface area contributed by atoms with Crippen molar-refractivity contribution < 1.29 is 38.1 Å². The second-order valence-electron chi connectivity index (χ2n) is 10.1. The van der Waals surface area contributed by atoms with Gasteiger partial charge >= 0.3 is 23.9 Å². The summed E-state index contributed by atoms with van der Waals surface area (Å²) in [4.78, 5) is 45.6. The molecule has 0 aromatic heterocycles. The van der Waals surface area contributed by atoms with E-state index in [-0.39, 0.29) is 23.0 Å². The van der Waals surface area contributed by atoms with Gasteiger partial charge in [-0.3, -0.25) is 19.2 Å². The number of hydrogen-bond donors (Lipinski definition) is 2. The summed E-state index contributed by atoms with van der Waals surface area (Å²) >= 11 is 0. The van der Waals surface area contributed by atoms with Gasteiger partial charge in [-0.05, 0) is 79.6 Å². The highest BCUT2D eigenvalue weighted by molar-refractivity contribution is 5.74. The molecule has 1 aliphatic carbocycles. The SMILES string of the molecule is CC(=O)Oc1ccc(CNCC2CCCC(CNCc3ccc(OC(C)=O)c(OC(C)=O)c3)C2)cc1OC(C)=O. The number of nitrogens with one attached hydrogen (secondary N) is 2. The number of rotatable bonds is 12. The Balaban J connectivity index is 1.47. The largest absolute Gasteiger partial charge is 0.423 e. The molecule has 0 heterocycles. The summed E-state index contributed by atoms with van der Waals surface area (Å²) in [5, 5.41) is 7.02. The minimum atomic E-state index is -0.482. The highest BCUT2D eigenvalue weighted by Crippen LogP contribution is 2.31. The molecular formula is C30H38N2O8. The average Bonchev–Trinajstić information content (AvgIpc) is 2.86. The van der Waals surface area contributed by atoms with Crippen LogP contribution in [-0.4, -0.2) is 37.0 Å². The first kappa shape index (κ1) is 30.8. The number of ether oxygens (including phenoxy) is 4. The molecule has 0 bridgehead atoms. The fourth-order valence-corrected chi connectivity index (χ4v) is 4.89. The van der Waals surface area contributed by atoms with E-state index in [1.807, 2.05) is 12.1 Å². The molecule has 2 aromatic rings. The molecule has 3 rings (SSSR count). The van der Waals surface area contributed by atoms with Crippen LogP contribution in [0.25, 0.3) is 0 Å². The van der Waals surface area contributed by atoms with E-state index in [4.69, 9.17) is 18.9 Å². The van der Waals surface area contributed by atoms with E-state index in [0.29, 0.717) is 24.9 Å². The normalized spacial score (nSPS) is 16.6. The Morgan fingerprint density at radius 2 is 1.00 bits per heavy atom. The van der Waals surface area contributed by atoms with Crippen LogP contribution in [0.5, 0.6) is 23.0 Å². The second kappa shape index (κ2) is 15.1. The van der Waals surface area contributed by atoms with Crippen LogP contribution in [0, 0.1) is 11.8 Å². The van der Waals surface area contributed by atoms with Crippen molar-refractivity contribution in [1.29, 1.82) is 0 Å². The maximum absolute atomic E-state index is 11.5. The molecule has 0 aliphatic heterocycles. The molecule has 2 unspecified atom stereocenters. The fourth-order valence-electron chi connectivity index (χ4n) is 4.89. The molecule has 0 spiro atoms. The molecule has 216 valence electrons. The quantitative estimate of drug-likeness (QED) is 0.293. The zero-order valence-electron chi connectivity index (χ0n) is 23.5. The fraction of sp³-hybridized carbons (Fsp3) is 0.467. The van der Waals surface area contributed by atoms with Crippen LogP contribution in [0.4, 0.5) is 0 Å². The molecule has 2 aromatic carbocycles. The van der Waals surface area contributed by atoms with Gasteiger partial charge < -0.3 is 29.6 Å².